The molecule has 0 heterocycles. The molecule has 1 N–H and O–H groups in total. The molecule has 0 unspecified atom stereocenters. The van der Waals surface area contributed by atoms with Crippen molar-refractivity contribution in [2.45, 2.75) is 0 Å². The highest BCUT2D eigenvalue weighted by molar-refractivity contribution is 7.90. The van der Waals surface area contributed by atoms with Gasteiger partial charge < -0.3 is 10.1 Å². The van der Waals surface area contributed by atoms with Crippen LogP contribution >= 0.6 is 0 Å². The highest BCUT2D eigenvalue weighted by atomic mass is 32.2. The molecule has 0 saturated heterocycles. The molecule has 0 radical (unpaired) electrons. The fourth-order valence-corrected chi connectivity index (χ4v) is 2.39. The Morgan fingerprint density at radius 3 is 2.26 bits per heavy atom. The van der Waals surface area contributed by atoms with Crippen LogP contribution < -0.4 is 5.32 Å². The average Bonchev–Trinajstić information content (AvgIpc) is 2.52. The first kappa shape index (κ1) is 17.0. The van der Waals surface area contributed by atoms with Crippen LogP contribution in [-0.2, 0) is 14.6 Å². The molecule has 0 fully saturated rings. The van der Waals surface area contributed by atoms with Gasteiger partial charge in [0.15, 0.2) is 9.84 Å². The van der Waals surface area contributed by atoms with Gasteiger partial charge in [0.2, 0.25) is 0 Å². The Morgan fingerprint density at radius 2 is 1.74 bits per heavy atom. The number of halogens is 1. The third-order valence-electron chi connectivity index (χ3n) is 3.13. The number of nitrogens with one attached hydrogen (secondary N) is 1. The van der Waals surface area contributed by atoms with Crippen molar-refractivity contribution in [2.24, 2.45) is 0 Å². The second-order valence-electron chi connectivity index (χ2n) is 5.01. The molecule has 2 aromatic rings. The fraction of sp³-hybridized carbons (Fsp3) is 0.188. The number of anilines is 1. The Hall–Kier alpha value is -2.41. The van der Waals surface area contributed by atoms with Crippen LogP contribution in [0.25, 0.3) is 11.1 Å². The number of benzene rings is 2. The fourth-order valence-electron chi connectivity index (χ4n) is 1.97. The Labute approximate surface area is 134 Å². The monoisotopic (exact) mass is 337 g/mol. The summed E-state index contributed by atoms with van der Waals surface area (Å²) in [6.07, 6.45) is 1.14. The maximum Gasteiger partial charge on any atom is 0.340 e. The van der Waals surface area contributed by atoms with Gasteiger partial charge in [-0.1, -0.05) is 18.2 Å². The molecule has 0 aliphatic carbocycles. The van der Waals surface area contributed by atoms with Gasteiger partial charge >= 0.3 is 5.97 Å². The van der Waals surface area contributed by atoms with E-state index in [0.29, 0.717) is 11.3 Å². The summed E-state index contributed by atoms with van der Waals surface area (Å²) in [7, 11) is -1.92. The summed E-state index contributed by atoms with van der Waals surface area (Å²) in [4.78, 5) is 11.4. The third kappa shape index (κ3) is 4.53. The summed E-state index contributed by atoms with van der Waals surface area (Å²) in [5, 5.41) is 2.78. The molecule has 2 rings (SSSR count). The van der Waals surface area contributed by atoms with Gasteiger partial charge in [0.05, 0.1) is 12.7 Å². The van der Waals surface area contributed by atoms with E-state index >= 15 is 0 Å². The zero-order chi connectivity index (χ0) is 17.0. The summed E-state index contributed by atoms with van der Waals surface area (Å²) in [5.74, 6) is -1.54. The number of sulfone groups is 1. The first-order chi connectivity index (χ1) is 10.8. The number of hydrogen-bond donors (Lipinski definition) is 1. The molecule has 0 saturated carbocycles. The quantitative estimate of drug-likeness (QED) is 0.849. The third-order valence-corrected chi connectivity index (χ3v) is 3.80. The molecule has 0 amide bonds. The normalized spacial score (nSPS) is 11.1. The first-order valence-electron chi connectivity index (χ1n) is 6.70. The van der Waals surface area contributed by atoms with Gasteiger partial charge in [-0.2, -0.15) is 0 Å². The van der Waals surface area contributed by atoms with Gasteiger partial charge in [-0.05, 0) is 35.4 Å². The van der Waals surface area contributed by atoms with Gasteiger partial charge in [-0.15, -0.1) is 0 Å². The van der Waals surface area contributed by atoms with Crippen molar-refractivity contribution in [3.05, 3.63) is 53.8 Å². The summed E-state index contributed by atoms with van der Waals surface area (Å²) in [5.41, 5.74) is 1.86. The minimum Gasteiger partial charge on any atom is -0.465 e. The van der Waals surface area contributed by atoms with Gasteiger partial charge in [0.25, 0.3) is 0 Å². The van der Waals surface area contributed by atoms with Crippen LogP contribution in [0.1, 0.15) is 10.4 Å². The van der Waals surface area contributed by atoms with Crippen molar-refractivity contribution < 1.29 is 22.3 Å². The Morgan fingerprint density at radius 1 is 1.13 bits per heavy atom. The van der Waals surface area contributed by atoms with Crippen molar-refractivity contribution >= 4 is 21.5 Å². The second-order valence-corrected chi connectivity index (χ2v) is 7.15. The maximum atomic E-state index is 13.9. The lowest BCUT2D eigenvalue weighted by molar-refractivity contribution is 0.0595. The predicted molar refractivity (Wildman–Crippen MR) is 86.5 cm³/mol. The van der Waals surface area contributed by atoms with Crippen molar-refractivity contribution in [1.29, 1.82) is 0 Å². The van der Waals surface area contributed by atoms with Crippen molar-refractivity contribution in [3.8, 4) is 11.1 Å². The summed E-state index contributed by atoms with van der Waals surface area (Å²) < 4.78 is 40.6. The largest absolute Gasteiger partial charge is 0.465 e. The molecular formula is C16H16FNO4S. The van der Waals surface area contributed by atoms with Crippen molar-refractivity contribution in [1.82, 2.24) is 0 Å². The van der Waals surface area contributed by atoms with Crippen LogP contribution in [0.5, 0.6) is 0 Å². The average molecular weight is 337 g/mol. The highest BCUT2D eigenvalue weighted by Crippen LogP contribution is 2.24. The van der Waals surface area contributed by atoms with Crippen molar-refractivity contribution in [3.63, 3.8) is 0 Å². The smallest absolute Gasteiger partial charge is 0.340 e. The van der Waals surface area contributed by atoms with Gasteiger partial charge in [-0.3, -0.25) is 0 Å². The molecule has 5 nitrogen and oxygen atoms in total. The Kier molecular flexibility index (Phi) is 5.00. The van der Waals surface area contributed by atoms with E-state index in [0.717, 1.165) is 11.8 Å². The van der Waals surface area contributed by atoms with Crippen LogP contribution in [0.15, 0.2) is 42.5 Å². The number of ether oxygens (including phenoxy) is 1. The zero-order valence-corrected chi connectivity index (χ0v) is 13.5. The van der Waals surface area contributed by atoms with Gasteiger partial charge in [0.1, 0.15) is 11.7 Å². The lowest BCUT2D eigenvalue weighted by Gasteiger charge is -2.08. The maximum absolute atomic E-state index is 13.9. The lowest BCUT2D eigenvalue weighted by Crippen LogP contribution is -2.12. The minimum atomic E-state index is -3.11. The summed E-state index contributed by atoms with van der Waals surface area (Å²) in [6, 6.07) is 11.1. The Balaban J connectivity index is 2.19. The van der Waals surface area contributed by atoms with Crippen LogP contribution in [0.2, 0.25) is 0 Å². The summed E-state index contributed by atoms with van der Waals surface area (Å²) >= 11 is 0. The second kappa shape index (κ2) is 6.78. The molecule has 0 aliphatic rings. The molecule has 122 valence electrons. The first-order valence-corrected chi connectivity index (χ1v) is 8.76. The molecule has 0 aromatic heterocycles. The van der Waals surface area contributed by atoms with Gasteiger partial charge in [-0.25, -0.2) is 17.6 Å². The van der Waals surface area contributed by atoms with E-state index in [2.05, 4.69) is 10.1 Å². The van der Waals surface area contributed by atoms with Crippen LogP contribution in [0, 0.1) is 5.82 Å². The molecular weight excluding hydrogens is 321 g/mol. The lowest BCUT2D eigenvalue weighted by atomic mass is 10.0. The zero-order valence-electron chi connectivity index (χ0n) is 12.7. The van der Waals surface area contributed by atoms with Crippen LogP contribution in [0.4, 0.5) is 10.1 Å². The number of rotatable bonds is 5. The highest BCUT2D eigenvalue weighted by Gasteiger charge is 2.12. The van der Waals surface area contributed by atoms with E-state index < -0.39 is 21.6 Å². The molecule has 0 aliphatic heterocycles. The van der Waals surface area contributed by atoms with Crippen molar-refractivity contribution in [2.75, 3.05) is 24.6 Å². The molecule has 23 heavy (non-hydrogen) atoms. The van der Waals surface area contributed by atoms with E-state index in [1.54, 1.807) is 30.3 Å². The number of esters is 1. The molecule has 2 aromatic carbocycles. The predicted octanol–water partition coefficient (Wildman–Crippen LogP) is 2.69. The van der Waals surface area contributed by atoms with E-state index in [4.69, 9.17) is 0 Å². The number of carbonyl (C=O) groups is 1. The number of carbonyl (C=O) groups excluding carboxylic acids is 1. The van der Waals surface area contributed by atoms with E-state index in [1.807, 2.05) is 0 Å². The molecule has 0 atom stereocenters. The van der Waals surface area contributed by atoms with E-state index in [-0.39, 0.29) is 11.4 Å². The topological polar surface area (TPSA) is 72.5 Å². The van der Waals surface area contributed by atoms with Crippen LogP contribution in [0.3, 0.4) is 0 Å². The van der Waals surface area contributed by atoms with E-state index in [9.17, 15) is 17.6 Å². The number of methoxy groups -OCH3 is 1. The van der Waals surface area contributed by atoms with Gasteiger partial charge in [0, 0.05) is 11.9 Å². The molecule has 0 bridgehead atoms. The standard InChI is InChI=1S/C16H16FNO4S/c1-22-16(19)14-8-5-12(9-15(14)17)11-3-6-13(7-4-11)18-10-23(2,20)21/h3-9,18H,10H2,1-2H3. The van der Waals surface area contributed by atoms with E-state index in [1.165, 1.54) is 19.2 Å². The minimum absolute atomic E-state index is 0.123. The Bertz CT molecular complexity index is 816. The SMILES string of the molecule is COC(=O)c1ccc(-c2ccc(NCS(C)(=O)=O)cc2)cc1F. The number of hydrogen-bond acceptors (Lipinski definition) is 5. The summed E-state index contributed by atoms with van der Waals surface area (Å²) in [6.45, 7) is 0. The molecule has 0 spiro atoms. The molecule has 7 heteroatoms. The van der Waals surface area contributed by atoms with Crippen LogP contribution in [-0.4, -0.2) is 33.6 Å².